The van der Waals surface area contributed by atoms with Gasteiger partial charge in [-0.1, -0.05) is 35.9 Å². The minimum absolute atomic E-state index is 0.0441. The molecule has 0 atom stereocenters. The Labute approximate surface area is 156 Å². The van der Waals surface area contributed by atoms with E-state index in [0.717, 1.165) is 6.26 Å². The zero-order chi connectivity index (χ0) is 19.1. The van der Waals surface area contributed by atoms with Gasteiger partial charge in [0.1, 0.15) is 5.76 Å². The van der Waals surface area contributed by atoms with Crippen molar-refractivity contribution in [3.05, 3.63) is 59.6 Å². The van der Waals surface area contributed by atoms with Crippen LogP contribution in [0, 0.1) is 0 Å². The van der Waals surface area contributed by atoms with Gasteiger partial charge in [0.05, 0.1) is 4.90 Å². The molecule has 0 aliphatic rings. The van der Waals surface area contributed by atoms with E-state index in [1.807, 2.05) is 0 Å². The Bertz CT molecular complexity index is 1180. The van der Waals surface area contributed by atoms with Crippen molar-refractivity contribution in [3.63, 3.8) is 0 Å². The van der Waals surface area contributed by atoms with Gasteiger partial charge in [0.2, 0.25) is 25.0 Å². The second-order valence-corrected chi connectivity index (χ2v) is 9.60. The van der Waals surface area contributed by atoms with Crippen molar-refractivity contribution in [2.45, 2.75) is 9.99 Å². The summed E-state index contributed by atoms with van der Waals surface area (Å²) in [6.45, 7) is 0. The monoisotopic (exact) mass is 411 g/mol. The molecule has 0 saturated heterocycles. The van der Waals surface area contributed by atoms with E-state index >= 15 is 0 Å². The minimum atomic E-state index is -3.82. The molecule has 0 amide bonds. The number of sulfone groups is 1. The fraction of sp³-hybridized carbons (Fsp3) is 0.0588. The zero-order valence-electron chi connectivity index (χ0n) is 13.5. The second-order valence-electron chi connectivity index (χ2n) is 5.66. The van der Waals surface area contributed by atoms with Gasteiger partial charge >= 0.3 is 0 Å². The van der Waals surface area contributed by atoms with E-state index in [4.69, 9.17) is 21.2 Å². The molecule has 2 N–H and O–H groups in total. The lowest BCUT2D eigenvalue weighted by atomic mass is 10.0. The molecule has 0 unspecified atom stereocenters. The molecule has 6 nitrogen and oxygen atoms in total. The predicted octanol–water partition coefficient (Wildman–Crippen LogP) is 3.32. The molecule has 136 valence electrons. The Kier molecular flexibility index (Phi) is 4.70. The molecule has 0 aliphatic carbocycles. The Morgan fingerprint density at radius 2 is 1.58 bits per heavy atom. The fourth-order valence-corrected chi connectivity index (χ4v) is 3.71. The van der Waals surface area contributed by atoms with Crippen LogP contribution < -0.4 is 5.14 Å². The Morgan fingerprint density at radius 1 is 0.923 bits per heavy atom. The third-order valence-electron chi connectivity index (χ3n) is 3.66. The van der Waals surface area contributed by atoms with Crippen molar-refractivity contribution in [2.24, 2.45) is 5.14 Å². The van der Waals surface area contributed by atoms with Crippen LogP contribution in [0.4, 0.5) is 0 Å². The maximum absolute atomic E-state index is 11.9. The quantitative estimate of drug-likeness (QED) is 0.708. The molecule has 3 aromatic rings. The van der Waals surface area contributed by atoms with Crippen LogP contribution in [-0.2, 0) is 19.9 Å². The SMILES string of the molecule is CS(=O)(=O)c1cc(-c2ccc(S(N)(=O)=O)cc2)c(-c2cccc(Cl)c2)o1. The van der Waals surface area contributed by atoms with Crippen LogP contribution in [0.3, 0.4) is 0 Å². The fourth-order valence-electron chi connectivity index (χ4n) is 2.43. The summed E-state index contributed by atoms with van der Waals surface area (Å²) in [5.74, 6) is 0.316. The summed E-state index contributed by atoms with van der Waals surface area (Å²) in [4.78, 5) is -0.0441. The highest BCUT2D eigenvalue weighted by Crippen LogP contribution is 2.37. The Balaban J connectivity index is 2.21. The lowest BCUT2D eigenvalue weighted by molar-refractivity contribution is 0.463. The van der Waals surface area contributed by atoms with Gasteiger partial charge in [0.15, 0.2) is 0 Å². The maximum Gasteiger partial charge on any atom is 0.238 e. The lowest BCUT2D eigenvalue weighted by Gasteiger charge is -2.05. The number of nitrogens with two attached hydrogens (primary N) is 1. The second kappa shape index (κ2) is 6.55. The smallest absolute Gasteiger partial charge is 0.238 e. The number of rotatable bonds is 4. The third kappa shape index (κ3) is 3.83. The Morgan fingerprint density at radius 3 is 2.12 bits per heavy atom. The average molecular weight is 412 g/mol. The highest BCUT2D eigenvalue weighted by molar-refractivity contribution is 7.90. The van der Waals surface area contributed by atoms with Gasteiger partial charge in [-0.25, -0.2) is 22.0 Å². The van der Waals surface area contributed by atoms with E-state index in [0.29, 0.717) is 27.5 Å². The summed E-state index contributed by atoms with van der Waals surface area (Å²) >= 11 is 6.02. The van der Waals surface area contributed by atoms with Gasteiger partial charge in [-0.05, 0) is 29.8 Å². The summed E-state index contributed by atoms with van der Waals surface area (Å²) in [6.07, 6.45) is 1.04. The van der Waals surface area contributed by atoms with E-state index < -0.39 is 19.9 Å². The van der Waals surface area contributed by atoms with Gasteiger partial charge < -0.3 is 4.42 Å². The van der Waals surface area contributed by atoms with E-state index in [-0.39, 0.29) is 9.99 Å². The van der Waals surface area contributed by atoms with Crippen molar-refractivity contribution >= 4 is 31.5 Å². The summed E-state index contributed by atoms with van der Waals surface area (Å²) < 4.78 is 52.2. The van der Waals surface area contributed by atoms with Crippen LogP contribution >= 0.6 is 11.6 Å². The summed E-state index contributed by atoms with van der Waals surface area (Å²) in [5, 5.41) is 5.38. The molecule has 9 heteroatoms. The van der Waals surface area contributed by atoms with Crippen molar-refractivity contribution in [2.75, 3.05) is 6.26 Å². The molecular formula is C17H14ClNO5S2. The van der Waals surface area contributed by atoms with Crippen LogP contribution in [0.15, 0.2) is 69.0 Å². The van der Waals surface area contributed by atoms with Crippen molar-refractivity contribution in [3.8, 4) is 22.5 Å². The van der Waals surface area contributed by atoms with Crippen LogP contribution in [0.2, 0.25) is 5.02 Å². The molecule has 1 aromatic heterocycles. The molecule has 0 radical (unpaired) electrons. The molecule has 0 fully saturated rings. The molecule has 0 bridgehead atoms. The average Bonchev–Trinajstić information content (AvgIpc) is 3.00. The third-order valence-corrected chi connectivity index (χ3v) is 5.75. The first-order valence-electron chi connectivity index (χ1n) is 7.29. The molecular weight excluding hydrogens is 398 g/mol. The van der Waals surface area contributed by atoms with Crippen LogP contribution in [0.5, 0.6) is 0 Å². The van der Waals surface area contributed by atoms with E-state index in [1.54, 1.807) is 24.3 Å². The largest absolute Gasteiger partial charge is 0.444 e. The number of furan rings is 1. The van der Waals surface area contributed by atoms with E-state index in [1.165, 1.54) is 30.3 Å². The van der Waals surface area contributed by atoms with Gasteiger partial charge in [0.25, 0.3) is 0 Å². The number of sulfonamides is 1. The standard InChI is InChI=1S/C17H14ClNO5S2/c1-25(20,21)16-10-15(11-5-7-14(8-6-11)26(19,22)23)17(24-16)12-3-2-4-13(18)9-12/h2-10H,1H3,(H2,19,22,23). The van der Waals surface area contributed by atoms with Gasteiger partial charge in [0, 0.05) is 28.5 Å². The predicted molar refractivity (Wildman–Crippen MR) is 99.1 cm³/mol. The maximum atomic E-state index is 11.9. The van der Waals surface area contributed by atoms with Gasteiger partial charge in [-0.15, -0.1) is 0 Å². The number of hydrogen-bond acceptors (Lipinski definition) is 5. The van der Waals surface area contributed by atoms with Crippen LogP contribution in [0.25, 0.3) is 22.5 Å². The van der Waals surface area contributed by atoms with Crippen molar-refractivity contribution < 1.29 is 21.3 Å². The topological polar surface area (TPSA) is 107 Å². The highest BCUT2D eigenvalue weighted by Gasteiger charge is 2.21. The van der Waals surface area contributed by atoms with Gasteiger partial charge in [-0.2, -0.15) is 0 Å². The number of benzene rings is 2. The summed E-state index contributed by atoms with van der Waals surface area (Å²) in [6, 6.07) is 13.9. The van der Waals surface area contributed by atoms with E-state index in [9.17, 15) is 16.8 Å². The number of hydrogen-bond donors (Lipinski definition) is 1. The van der Waals surface area contributed by atoms with E-state index in [2.05, 4.69) is 0 Å². The molecule has 0 saturated carbocycles. The Hall–Kier alpha value is -2.13. The normalized spacial score (nSPS) is 12.3. The van der Waals surface area contributed by atoms with Crippen LogP contribution in [0.1, 0.15) is 0 Å². The zero-order valence-corrected chi connectivity index (χ0v) is 15.9. The molecule has 0 aliphatic heterocycles. The lowest BCUT2D eigenvalue weighted by Crippen LogP contribution is -2.11. The van der Waals surface area contributed by atoms with Gasteiger partial charge in [-0.3, -0.25) is 0 Å². The van der Waals surface area contributed by atoms with Crippen molar-refractivity contribution in [1.29, 1.82) is 0 Å². The number of halogens is 1. The van der Waals surface area contributed by atoms with Crippen LogP contribution in [-0.4, -0.2) is 23.1 Å². The molecule has 3 rings (SSSR count). The first-order valence-corrected chi connectivity index (χ1v) is 11.1. The first kappa shape index (κ1) is 18.7. The molecule has 2 aromatic carbocycles. The minimum Gasteiger partial charge on any atom is -0.444 e. The molecule has 1 heterocycles. The molecule has 26 heavy (non-hydrogen) atoms. The first-order chi connectivity index (χ1) is 12.1. The number of primary sulfonamides is 1. The summed E-state index contributed by atoms with van der Waals surface area (Å²) in [5.41, 5.74) is 1.66. The van der Waals surface area contributed by atoms with Crippen molar-refractivity contribution in [1.82, 2.24) is 0 Å². The highest BCUT2D eigenvalue weighted by atomic mass is 35.5. The molecule has 0 spiro atoms. The summed E-state index contributed by atoms with van der Waals surface area (Å²) in [7, 11) is -7.40.